The van der Waals surface area contributed by atoms with Crippen LogP contribution >= 0.6 is 0 Å². The number of nitrogens with zero attached hydrogens (tertiary/aromatic N) is 2. The van der Waals surface area contributed by atoms with Gasteiger partial charge in [-0.3, -0.25) is 4.79 Å². The molecule has 1 aliphatic carbocycles. The van der Waals surface area contributed by atoms with Gasteiger partial charge in [0.15, 0.2) is 0 Å². The van der Waals surface area contributed by atoms with Gasteiger partial charge in [0.1, 0.15) is 0 Å². The summed E-state index contributed by atoms with van der Waals surface area (Å²) in [6.07, 6.45) is 3.57. The van der Waals surface area contributed by atoms with Gasteiger partial charge in [-0.15, -0.1) is 0 Å². The van der Waals surface area contributed by atoms with Gasteiger partial charge >= 0.3 is 5.97 Å². The molecule has 1 aromatic rings. The average Bonchev–Trinajstić information content (AvgIpc) is 2.79. The molecule has 3 rings (SSSR count). The third-order valence-corrected chi connectivity index (χ3v) is 6.87. The third kappa shape index (κ3) is 3.69. The number of hydrogen-bond acceptors (Lipinski definition) is 4. The summed E-state index contributed by atoms with van der Waals surface area (Å²) in [5.41, 5.74) is 0.0482. The molecular formula is C17H22N2O5S. The number of carbonyl (C=O) groups is 2. The Morgan fingerprint density at radius 1 is 0.960 bits per heavy atom. The fourth-order valence-electron chi connectivity index (χ4n) is 3.19. The Morgan fingerprint density at radius 2 is 1.64 bits per heavy atom. The summed E-state index contributed by atoms with van der Waals surface area (Å²) < 4.78 is 26.9. The zero-order valence-electron chi connectivity index (χ0n) is 13.9. The molecular weight excluding hydrogens is 344 g/mol. The van der Waals surface area contributed by atoms with Crippen molar-refractivity contribution in [1.82, 2.24) is 9.21 Å². The minimum Gasteiger partial charge on any atom is -0.478 e. The lowest BCUT2D eigenvalue weighted by molar-refractivity contribution is -0.138. The van der Waals surface area contributed by atoms with Crippen LogP contribution < -0.4 is 0 Å². The van der Waals surface area contributed by atoms with Gasteiger partial charge in [-0.1, -0.05) is 6.42 Å². The van der Waals surface area contributed by atoms with E-state index in [1.54, 1.807) is 4.90 Å². The van der Waals surface area contributed by atoms with Crippen LogP contribution in [0.1, 0.15) is 36.0 Å². The van der Waals surface area contributed by atoms with Crippen LogP contribution in [-0.4, -0.2) is 60.8 Å². The fraction of sp³-hybridized carbons (Fsp3) is 0.529. The van der Waals surface area contributed by atoms with Crippen molar-refractivity contribution in [3.05, 3.63) is 29.8 Å². The van der Waals surface area contributed by atoms with Crippen molar-refractivity contribution >= 4 is 21.9 Å². The molecule has 0 atom stereocenters. The summed E-state index contributed by atoms with van der Waals surface area (Å²) in [4.78, 5) is 25.1. The van der Waals surface area contributed by atoms with E-state index in [0.717, 1.165) is 19.3 Å². The first kappa shape index (κ1) is 17.9. The molecule has 0 unspecified atom stereocenters. The van der Waals surface area contributed by atoms with Crippen LogP contribution in [0, 0.1) is 5.92 Å². The first-order valence-electron chi connectivity index (χ1n) is 8.52. The molecule has 25 heavy (non-hydrogen) atoms. The maximum Gasteiger partial charge on any atom is 0.335 e. The fourth-order valence-corrected chi connectivity index (χ4v) is 4.66. The Labute approximate surface area is 147 Å². The standard InChI is InChI=1S/C17H22N2O5S/c20-16(13-3-1-4-13)18-9-2-10-19(12-11-18)25(23,24)15-7-5-14(6-8-15)17(21)22/h5-8,13H,1-4,9-12H2,(H,21,22). The van der Waals surface area contributed by atoms with Gasteiger partial charge in [0.05, 0.1) is 10.5 Å². The molecule has 136 valence electrons. The maximum atomic E-state index is 12.8. The largest absolute Gasteiger partial charge is 0.478 e. The predicted octanol–water partition coefficient (Wildman–Crippen LogP) is 1.41. The number of rotatable bonds is 4. The number of sulfonamides is 1. The smallest absolute Gasteiger partial charge is 0.335 e. The van der Waals surface area contributed by atoms with E-state index in [1.807, 2.05) is 0 Å². The minimum atomic E-state index is -3.69. The molecule has 8 heteroatoms. The highest BCUT2D eigenvalue weighted by molar-refractivity contribution is 7.89. The van der Waals surface area contributed by atoms with Crippen LogP contribution in [0.3, 0.4) is 0 Å². The molecule has 1 amide bonds. The van der Waals surface area contributed by atoms with Crippen LogP contribution in [0.4, 0.5) is 0 Å². The van der Waals surface area contributed by atoms with Gasteiger partial charge in [-0.2, -0.15) is 4.31 Å². The number of aromatic carboxylic acids is 1. The molecule has 1 aromatic carbocycles. The van der Waals surface area contributed by atoms with Gasteiger partial charge in [0.2, 0.25) is 15.9 Å². The molecule has 1 saturated carbocycles. The Balaban J connectivity index is 1.70. The second kappa shape index (κ2) is 7.13. The van der Waals surface area contributed by atoms with Crippen molar-refractivity contribution in [2.45, 2.75) is 30.6 Å². The summed E-state index contributed by atoms with van der Waals surface area (Å²) in [6.45, 7) is 1.61. The first-order chi connectivity index (χ1) is 11.9. The number of carbonyl (C=O) groups excluding carboxylic acids is 1. The van der Waals surface area contributed by atoms with E-state index in [2.05, 4.69) is 0 Å². The third-order valence-electron chi connectivity index (χ3n) is 4.96. The summed E-state index contributed by atoms with van der Waals surface area (Å²) in [7, 11) is -3.69. The number of amides is 1. The lowest BCUT2D eigenvalue weighted by Gasteiger charge is -2.31. The lowest BCUT2D eigenvalue weighted by atomic mass is 9.84. The highest BCUT2D eigenvalue weighted by Crippen LogP contribution is 2.29. The lowest BCUT2D eigenvalue weighted by Crippen LogP contribution is -2.41. The summed E-state index contributed by atoms with van der Waals surface area (Å²) >= 11 is 0. The van der Waals surface area contributed by atoms with Crippen molar-refractivity contribution in [2.24, 2.45) is 5.92 Å². The molecule has 0 spiro atoms. The second-order valence-corrected chi connectivity index (χ2v) is 8.48. The number of carboxylic acid groups (broad SMARTS) is 1. The van der Waals surface area contributed by atoms with Crippen molar-refractivity contribution < 1.29 is 23.1 Å². The van der Waals surface area contributed by atoms with Crippen LogP contribution in [0.5, 0.6) is 0 Å². The average molecular weight is 366 g/mol. The Kier molecular flexibility index (Phi) is 5.10. The van der Waals surface area contributed by atoms with E-state index in [-0.39, 0.29) is 28.8 Å². The van der Waals surface area contributed by atoms with Crippen molar-refractivity contribution in [3.63, 3.8) is 0 Å². The van der Waals surface area contributed by atoms with E-state index in [1.165, 1.54) is 28.6 Å². The first-order valence-corrected chi connectivity index (χ1v) is 9.96. The number of hydrogen-bond donors (Lipinski definition) is 1. The van der Waals surface area contributed by atoms with Crippen LogP contribution in [0.15, 0.2) is 29.2 Å². The van der Waals surface area contributed by atoms with E-state index in [4.69, 9.17) is 5.11 Å². The molecule has 1 heterocycles. The Bertz CT molecular complexity index is 756. The molecule has 2 aliphatic rings. The molecule has 0 bridgehead atoms. The normalized spacial score (nSPS) is 19.9. The zero-order chi connectivity index (χ0) is 18.0. The topological polar surface area (TPSA) is 95.0 Å². The molecule has 0 aromatic heterocycles. The zero-order valence-corrected chi connectivity index (χ0v) is 14.7. The molecule has 1 N–H and O–H groups in total. The van der Waals surface area contributed by atoms with Crippen LogP contribution in [-0.2, 0) is 14.8 Å². The molecule has 0 radical (unpaired) electrons. The van der Waals surface area contributed by atoms with Gasteiger partial charge in [-0.25, -0.2) is 13.2 Å². The Morgan fingerprint density at radius 3 is 2.20 bits per heavy atom. The van der Waals surface area contributed by atoms with Crippen LogP contribution in [0.2, 0.25) is 0 Å². The molecule has 2 fully saturated rings. The van der Waals surface area contributed by atoms with Gasteiger partial charge in [0.25, 0.3) is 0 Å². The minimum absolute atomic E-state index is 0.0482. The van der Waals surface area contributed by atoms with Crippen molar-refractivity contribution in [3.8, 4) is 0 Å². The molecule has 7 nitrogen and oxygen atoms in total. The summed E-state index contributed by atoms with van der Waals surface area (Å²) in [5.74, 6) is -0.827. The van der Waals surface area contributed by atoms with Gasteiger partial charge in [-0.05, 0) is 43.5 Å². The van der Waals surface area contributed by atoms with E-state index < -0.39 is 16.0 Å². The maximum absolute atomic E-state index is 12.8. The van der Waals surface area contributed by atoms with Gasteiger partial charge < -0.3 is 10.0 Å². The Hall–Kier alpha value is -1.93. The summed E-state index contributed by atoms with van der Waals surface area (Å²) in [5, 5.41) is 8.92. The van der Waals surface area contributed by atoms with Crippen molar-refractivity contribution in [1.29, 1.82) is 0 Å². The predicted molar refractivity (Wildman–Crippen MR) is 90.7 cm³/mol. The van der Waals surface area contributed by atoms with E-state index in [9.17, 15) is 18.0 Å². The molecule has 1 saturated heterocycles. The number of carboxylic acids is 1. The number of benzene rings is 1. The highest BCUT2D eigenvalue weighted by Gasteiger charge is 2.32. The van der Waals surface area contributed by atoms with E-state index >= 15 is 0 Å². The second-order valence-electron chi connectivity index (χ2n) is 6.54. The summed E-state index contributed by atoms with van der Waals surface area (Å²) in [6, 6.07) is 5.22. The SMILES string of the molecule is O=C(O)c1ccc(S(=O)(=O)N2CCCN(C(=O)C3CCC3)CC2)cc1. The monoisotopic (exact) mass is 366 g/mol. The quantitative estimate of drug-likeness (QED) is 0.869. The molecule has 1 aliphatic heterocycles. The van der Waals surface area contributed by atoms with Gasteiger partial charge in [0, 0.05) is 32.1 Å². The van der Waals surface area contributed by atoms with E-state index in [0.29, 0.717) is 26.1 Å². The van der Waals surface area contributed by atoms with Crippen LogP contribution in [0.25, 0.3) is 0 Å². The highest BCUT2D eigenvalue weighted by atomic mass is 32.2. The van der Waals surface area contributed by atoms with Crippen molar-refractivity contribution in [2.75, 3.05) is 26.2 Å².